The van der Waals surface area contributed by atoms with Crippen LogP contribution in [0.4, 0.5) is 11.4 Å². The van der Waals surface area contributed by atoms with E-state index in [-0.39, 0.29) is 12.2 Å². The van der Waals surface area contributed by atoms with Crippen molar-refractivity contribution in [2.45, 2.75) is 6.92 Å². The van der Waals surface area contributed by atoms with Crippen molar-refractivity contribution < 1.29 is 14.3 Å². The van der Waals surface area contributed by atoms with Gasteiger partial charge in [-0.05, 0) is 31.2 Å². The van der Waals surface area contributed by atoms with Crippen LogP contribution in [-0.2, 0) is 14.3 Å². The average Bonchev–Trinajstić information content (AvgIpc) is 2.57. The zero-order valence-corrected chi connectivity index (χ0v) is 12.8. The number of esters is 1. The summed E-state index contributed by atoms with van der Waals surface area (Å²) in [6, 6.07) is 18.2. The van der Waals surface area contributed by atoms with E-state index in [2.05, 4.69) is 10.6 Å². The molecule has 0 aliphatic heterocycles. The Balaban J connectivity index is 2.16. The van der Waals surface area contributed by atoms with Crippen molar-refractivity contribution in [3.8, 4) is 0 Å². The van der Waals surface area contributed by atoms with Crippen LogP contribution in [-0.4, -0.2) is 18.5 Å². The molecule has 0 heterocycles. The van der Waals surface area contributed by atoms with Crippen molar-refractivity contribution in [3.05, 3.63) is 72.4 Å². The van der Waals surface area contributed by atoms with Crippen LogP contribution in [0.25, 0.3) is 0 Å². The van der Waals surface area contributed by atoms with Crippen molar-refractivity contribution >= 4 is 23.3 Å². The standard InChI is InChI=1S/C18H18N2O3/c1-2-23-18(22)16(13-19-14-9-5-3-6-10-14)17(21)20-15-11-7-4-8-12-15/h3-13,19H,2H2,1H3,(H,20,21). The number of rotatable bonds is 6. The third kappa shape index (κ3) is 5.00. The normalized spacial score (nSPS) is 10.7. The van der Waals surface area contributed by atoms with Crippen molar-refractivity contribution in [2.75, 3.05) is 17.2 Å². The van der Waals surface area contributed by atoms with Gasteiger partial charge in [0.2, 0.25) is 0 Å². The predicted octanol–water partition coefficient (Wildman–Crippen LogP) is 3.18. The van der Waals surface area contributed by atoms with Crippen LogP contribution in [0.3, 0.4) is 0 Å². The Labute approximate surface area is 135 Å². The van der Waals surface area contributed by atoms with Gasteiger partial charge < -0.3 is 15.4 Å². The highest BCUT2D eigenvalue weighted by molar-refractivity contribution is 6.21. The van der Waals surface area contributed by atoms with E-state index < -0.39 is 11.9 Å². The summed E-state index contributed by atoms with van der Waals surface area (Å²) in [6.07, 6.45) is 1.35. The number of carbonyl (C=O) groups excluding carboxylic acids is 2. The van der Waals surface area contributed by atoms with Gasteiger partial charge in [0, 0.05) is 17.6 Å². The molecule has 1 amide bonds. The molecule has 0 spiro atoms. The van der Waals surface area contributed by atoms with E-state index in [1.54, 1.807) is 31.2 Å². The highest BCUT2D eigenvalue weighted by atomic mass is 16.5. The van der Waals surface area contributed by atoms with Crippen LogP contribution in [0.15, 0.2) is 72.4 Å². The smallest absolute Gasteiger partial charge is 0.345 e. The Morgan fingerprint density at radius 2 is 1.52 bits per heavy atom. The highest BCUT2D eigenvalue weighted by Crippen LogP contribution is 2.11. The molecular formula is C18H18N2O3. The summed E-state index contributed by atoms with van der Waals surface area (Å²) in [4.78, 5) is 24.3. The first-order chi connectivity index (χ1) is 11.2. The number of amides is 1. The molecule has 2 aromatic rings. The summed E-state index contributed by atoms with van der Waals surface area (Å²) in [5.41, 5.74) is 1.27. The first kappa shape index (κ1) is 16.3. The molecule has 2 rings (SSSR count). The van der Waals surface area contributed by atoms with Crippen LogP contribution in [0.1, 0.15) is 6.92 Å². The molecule has 118 valence electrons. The lowest BCUT2D eigenvalue weighted by Gasteiger charge is -2.09. The summed E-state index contributed by atoms with van der Waals surface area (Å²) in [5.74, 6) is -1.21. The van der Waals surface area contributed by atoms with Gasteiger partial charge in [0.1, 0.15) is 5.57 Å². The van der Waals surface area contributed by atoms with Crippen LogP contribution >= 0.6 is 0 Å². The van der Waals surface area contributed by atoms with Crippen LogP contribution in [0.2, 0.25) is 0 Å². The Hall–Kier alpha value is -3.08. The monoisotopic (exact) mass is 310 g/mol. The maximum absolute atomic E-state index is 12.3. The van der Waals surface area contributed by atoms with E-state index in [4.69, 9.17) is 4.74 Å². The zero-order chi connectivity index (χ0) is 16.5. The van der Waals surface area contributed by atoms with Crippen LogP contribution < -0.4 is 10.6 Å². The van der Waals surface area contributed by atoms with Crippen molar-refractivity contribution in [3.63, 3.8) is 0 Å². The van der Waals surface area contributed by atoms with Gasteiger partial charge in [-0.2, -0.15) is 0 Å². The van der Waals surface area contributed by atoms with E-state index in [9.17, 15) is 9.59 Å². The molecule has 0 aliphatic carbocycles. The first-order valence-electron chi connectivity index (χ1n) is 7.26. The fourth-order valence-electron chi connectivity index (χ4n) is 1.84. The maximum Gasteiger partial charge on any atom is 0.345 e. The quantitative estimate of drug-likeness (QED) is 0.372. The summed E-state index contributed by atoms with van der Waals surface area (Å²) in [7, 11) is 0. The van der Waals surface area contributed by atoms with Gasteiger partial charge in [0.05, 0.1) is 6.61 Å². The van der Waals surface area contributed by atoms with Gasteiger partial charge in [0.15, 0.2) is 0 Å². The van der Waals surface area contributed by atoms with Gasteiger partial charge in [-0.1, -0.05) is 36.4 Å². The second-order valence-electron chi connectivity index (χ2n) is 4.61. The van der Waals surface area contributed by atoms with Gasteiger partial charge >= 0.3 is 5.97 Å². The molecule has 0 fully saturated rings. The SMILES string of the molecule is CCOC(=O)C(=CNc1ccccc1)C(=O)Nc1ccccc1. The van der Waals surface area contributed by atoms with Crippen LogP contribution in [0, 0.1) is 0 Å². The second-order valence-corrected chi connectivity index (χ2v) is 4.61. The van der Waals surface area contributed by atoms with E-state index >= 15 is 0 Å². The zero-order valence-electron chi connectivity index (χ0n) is 12.8. The molecule has 2 N–H and O–H groups in total. The lowest BCUT2D eigenvalue weighted by molar-refractivity contribution is -0.139. The number of nitrogens with one attached hydrogen (secondary N) is 2. The van der Waals surface area contributed by atoms with Gasteiger partial charge in [-0.3, -0.25) is 4.79 Å². The predicted molar refractivity (Wildman–Crippen MR) is 89.9 cm³/mol. The Bertz CT molecular complexity index is 682. The highest BCUT2D eigenvalue weighted by Gasteiger charge is 2.19. The van der Waals surface area contributed by atoms with E-state index in [1.807, 2.05) is 36.4 Å². The molecular weight excluding hydrogens is 292 g/mol. The van der Waals surface area contributed by atoms with E-state index in [0.717, 1.165) is 5.69 Å². The lowest BCUT2D eigenvalue weighted by atomic mass is 10.2. The van der Waals surface area contributed by atoms with E-state index in [0.29, 0.717) is 5.69 Å². The minimum Gasteiger partial charge on any atom is -0.462 e. The lowest BCUT2D eigenvalue weighted by Crippen LogP contribution is -2.23. The Morgan fingerprint density at radius 1 is 0.957 bits per heavy atom. The number of benzene rings is 2. The Morgan fingerprint density at radius 3 is 2.09 bits per heavy atom. The molecule has 0 bridgehead atoms. The Kier molecular flexibility index (Phi) is 5.94. The fraction of sp³-hybridized carbons (Fsp3) is 0.111. The van der Waals surface area contributed by atoms with Gasteiger partial charge in [-0.25, -0.2) is 4.79 Å². The number of anilines is 2. The topological polar surface area (TPSA) is 67.4 Å². The minimum atomic E-state index is -0.677. The van der Waals surface area contributed by atoms with Crippen LogP contribution in [0.5, 0.6) is 0 Å². The molecule has 0 radical (unpaired) electrons. The third-order valence-electron chi connectivity index (χ3n) is 2.93. The molecule has 0 saturated carbocycles. The average molecular weight is 310 g/mol. The molecule has 23 heavy (non-hydrogen) atoms. The first-order valence-corrected chi connectivity index (χ1v) is 7.26. The third-order valence-corrected chi connectivity index (χ3v) is 2.93. The number of hydrogen-bond acceptors (Lipinski definition) is 4. The maximum atomic E-state index is 12.3. The molecule has 0 atom stereocenters. The van der Waals surface area contributed by atoms with Crippen molar-refractivity contribution in [1.82, 2.24) is 0 Å². The summed E-state index contributed by atoms with van der Waals surface area (Å²) in [5, 5.41) is 5.60. The summed E-state index contributed by atoms with van der Waals surface area (Å²) in [6.45, 7) is 1.88. The molecule has 5 nitrogen and oxygen atoms in total. The molecule has 0 aliphatic rings. The number of ether oxygens (including phenoxy) is 1. The second kappa shape index (κ2) is 8.38. The summed E-state index contributed by atoms with van der Waals surface area (Å²) >= 11 is 0. The van der Waals surface area contributed by atoms with Gasteiger partial charge in [-0.15, -0.1) is 0 Å². The largest absolute Gasteiger partial charge is 0.462 e. The number of carbonyl (C=O) groups is 2. The van der Waals surface area contributed by atoms with Crippen molar-refractivity contribution in [1.29, 1.82) is 0 Å². The molecule has 2 aromatic carbocycles. The molecule has 0 aromatic heterocycles. The number of hydrogen-bond donors (Lipinski definition) is 2. The molecule has 0 saturated heterocycles. The molecule has 5 heteroatoms. The van der Waals surface area contributed by atoms with E-state index in [1.165, 1.54) is 6.20 Å². The number of para-hydroxylation sites is 2. The minimum absolute atomic E-state index is 0.0976. The van der Waals surface area contributed by atoms with Gasteiger partial charge in [0.25, 0.3) is 5.91 Å². The van der Waals surface area contributed by atoms with Crippen molar-refractivity contribution in [2.24, 2.45) is 0 Å². The fourth-order valence-corrected chi connectivity index (χ4v) is 1.84. The molecule has 0 unspecified atom stereocenters. The summed E-state index contributed by atoms with van der Waals surface area (Å²) < 4.78 is 4.94.